The third kappa shape index (κ3) is 6.80. The number of allylic oxidation sites excluding steroid dienone is 2. The summed E-state index contributed by atoms with van der Waals surface area (Å²) in [5.74, 6) is -2.12. The molecule has 3 rings (SSSR count). The van der Waals surface area contributed by atoms with E-state index in [1.54, 1.807) is 6.08 Å². The monoisotopic (exact) mass is 486 g/mol. The topological polar surface area (TPSA) is 116 Å². The molecule has 192 valence electrons. The summed E-state index contributed by atoms with van der Waals surface area (Å²) in [5.41, 5.74) is 1.36. The minimum Gasteiger partial charge on any atom is -0.375 e. The largest absolute Gasteiger partial charge is 0.375 e. The van der Waals surface area contributed by atoms with E-state index in [1.165, 1.54) is 0 Å². The lowest BCUT2D eigenvalue weighted by atomic mass is 9.92. The normalized spacial score (nSPS) is 21.9. The molecular formula is C26H38N4O5. The highest BCUT2D eigenvalue weighted by Crippen LogP contribution is 2.36. The summed E-state index contributed by atoms with van der Waals surface area (Å²) in [5, 5.41) is 5.18. The molecule has 2 fully saturated rings. The van der Waals surface area contributed by atoms with Crippen LogP contribution in [-0.4, -0.2) is 65.5 Å². The Morgan fingerprint density at radius 2 is 1.83 bits per heavy atom. The lowest BCUT2D eigenvalue weighted by Crippen LogP contribution is -2.54. The first kappa shape index (κ1) is 26.6. The lowest BCUT2D eigenvalue weighted by molar-refractivity contribution is -0.150. The van der Waals surface area contributed by atoms with E-state index in [-0.39, 0.29) is 30.6 Å². The van der Waals surface area contributed by atoms with Crippen LogP contribution in [0.2, 0.25) is 0 Å². The van der Waals surface area contributed by atoms with E-state index in [9.17, 15) is 24.0 Å². The van der Waals surface area contributed by atoms with Crippen LogP contribution >= 0.6 is 0 Å². The number of nitrogens with one attached hydrogen (secondary N) is 2. The van der Waals surface area contributed by atoms with E-state index in [2.05, 4.69) is 15.5 Å². The SMILES string of the molecule is CCCC(=O)NCCCCCCCCN(C)C1=CCC2C(=O)N(C3CCC(=O)NC3=O)C(=O)C2=C1. The Morgan fingerprint density at radius 1 is 1.11 bits per heavy atom. The Morgan fingerprint density at radius 3 is 2.54 bits per heavy atom. The van der Waals surface area contributed by atoms with Crippen LogP contribution in [0.3, 0.4) is 0 Å². The zero-order chi connectivity index (χ0) is 25.4. The van der Waals surface area contributed by atoms with Crippen molar-refractivity contribution in [3.05, 3.63) is 23.4 Å². The van der Waals surface area contributed by atoms with E-state index < -0.39 is 23.8 Å². The molecule has 2 heterocycles. The van der Waals surface area contributed by atoms with Crippen molar-refractivity contribution in [3.8, 4) is 0 Å². The van der Waals surface area contributed by atoms with E-state index in [0.717, 1.165) is 68.6 Å². The first-order valence-corrected chi connectivity index (χ1v) is 12.9. The number of likely N-dealkylation sites (N-methyl/N-ethyl adjacent to an activating group) is 1. The predicted octanol–water partition coefficient (Wildman–Crippen LogP) is 2.18. The molecule has 9 heteroatoms. The number of carbonyl (C=O) groups is 5. The van der Waals surface area contributed by atoms with Crippen LogP contribution in [0.1, 0.15) is 77.6 Å². The van der Waals surface area contributed by atoms with Crippen molar-refractivity contribution in [2.45, 2.75) is 83.6 Å². The maximum Gasteiger partial charge on any atom is 0.258 e. The van der Waals surface area contributed by atoms with Crippen LogP contribution in [-0.2, 0) is 24.0 Å². The number of rotatable bonds is 13. The average Bonchev–Trinajstić information content (AvgIpc) is 3.07. The molecule has 3 aliphatic rings. The molecule has 0 spiro atoms. The van der Waals surface area contributed by atoms with Crippen molar-refractivity contribution in [2.75, 3.05) is 20.1 Å². The fourth-order valence-corrected chi connectivity index (χ4v) is 4.88. The lowest BCUT2D eigenvalue weighted by Gasteiger charge is -2.27. The van der Waals surface area contributed by atoms with E-state index in [1.807, 2.05) is 20.0 Å². The standard InChI is InChI=1S/C26H38N4O5/c1-3-10-22(31)27-15-8-6-4-5-7-9-16-29(2)18-11-12-19-20(17-18)26(35)30(25(19)34)21-13-14-23(32)28-24(21)33/h11,17,19,21H,3-10,12-16H2,1-2H3,(H,27,31)(H,28,32,33). The molecule has 2 atom stereocenters. The molecular weight excluding hydrogens is 448 g/mol. The first-order valence-electron chi connectivity index (χ1n) is 12.9. The Labute approximate surface area is 207 Å². The molecule has 0 aromatic carbocycles. The molecule has 2 unspecified atom stereocenters. The van der Waals surface area contributed by atoms with Gasteiger partial charge in [0.05, 0.1) is 5.92 Å². The Kier molecular flexibility index (Phi) is 9.63. The van der Waals surface area contributed by atoms with E-state index in [0.29, 0.717) is 18.4 Å². The van der Waals surface area contributed by atoms with Crippen molar-refractivity contribution < 1.29 is 24.0 Å². The quantitative estimate of drug-likeness (QED) is 0.305. The van der Waals surface area contributed by atoms with Gasteiger partial charge in [0, 0.05) is 44.2 Å². The second-order valence-electron chi connectivity index (χ2n) is 9.64. The summed E-state index contributed by atoms with van der Waals surface area (Å²) < 4.78 is 0. The van der Waals surface area contributed by atoms with Crippen LogP contribution < -0.4 is 10.6 Å². The first-order chi connectivity index (χ1) is 16.8. The van der Waals surface area contributed by atoms with E-state index in [4.69, 9.17) is 0 Å². The minimum atomic E-state index is -0.909. The zero-order valence-corrected chi connectivity index (χ0v) is 20.9. The molecule has 1 aliphatic carbocycles. The summed E-state index contributed by atoms with van der Waals surface area (Å²) in [6.45, 7) is 3.61. The van der Waals surface area contributed by atoms with Gasteiger partial charge in [-0.25, -0.2) is 0 Å². The third-order valence-electron chi connectivity index (χ3n) is 6.92. The van der Waals surface area contributed by atoms with Gasteiger partial charge in [-0.05, 0) is 38.2 Å². The average molecular weight is 487 g/mol. The minimum absolute atomic E-state index is 0.124. The summed E-state index contributed by atoms with van der Waals surface area (Å²) in [6, 6.07) is -0.909. The fraction of sp³-hybridized carbons (Fsp3) is 0.654. The van der Waals surface area contributed by atoms with Gasteiger partial charge in [0.1, 0.15) is 6.04 Å². The maximum absolute atomic E-state index is 13.0. The molecule has 9 nitrogen and oxygen atoms in total. The molecule has 0 saturated carbocycles. The third-order valence-corrected chi connectivity index (χ3v) is 6.92. The maximum atomic E-state index is 13.0. The number of nitrogens with zero attached hydrogens (tertiary/aromatic N) is 2. The Balaban J connectivity index is 1.39. The highest BCUT2D eigenvalue weighted by atomic mass is 16.2. The second-order valence-corrected chi connectivity index (χ2v) is 9.64. The van der Waals surface area contributed by atoms with Crippen molar-refractivity contribution >= 4 is 29.5 Å². The number of hydrogen-bond donors (Lipinski definition) is 2. The predicted molar refractivity (Wildman–Crippen MR) is 131 cm³/mol. The Hall–Kier alpha value is -2.97. The highest BCUT2D eigenvalue weighted by Gasteiger charge is 2.49. The van der Waals surface area contributed by atoms with Crippen molar-refractivity contribution in [1.29, 1.82) is 0 Å². The van der Waals surface area contributed by atoms with Crippen molar-refractivity contribution in [3.63, 3.8) is 0 Å². The summed E-state index contributed by atoms with van der Waals surface area (Å²) >= 11 is 0. The van der Waals surface area contributed by atoms with Gasteiger partial charge in [-0.1, -0.05) is 38.7 Å². The molecule has 0 aromatic heterocycles. The number of fused-ring (bicyclic) bond motifs is 1. The van der Waals surface area contributed by atoms with Gasteiger partial charge in [0.25, 0.3) is 5.91 Å². The van der Waals surface area contributed by atoms with Gasteiger partial charge in [-0.3, -0.25) is 34.2 Å². The highest BCUT2D eigenvalue weighted by molar-refractivity contribution is 6.18. The number of piperidine rings is 1. The second kappa shape index (κ2) is 12.7. The number of carbonyl (C=O) groups excluding carboxylic acids is 5. The molecule has 2 saturated heterocycles. The molecule has 0 aromatic rings. The van der Waals surface area contributed by atoms with Crippen LogP contribution in [0, 0.1) is 5.92 Å². The van der Waals surface area contributed by atoms with Gasteiger partial charge in [-0.15, -0.1) is 0 Å². The summed E-state index contributed by atoms with van der Waals surface area (Å²) in [6.07, 6.45) is 12.6. The van der Waals surface area contributed by atoms with E-state index >= 15 is 0 Å². The zero-order valence-electron chi connectivity index (χ0n) is 20.9. The van der Waals surface area contributed by atoms with Gasteiger partial charge in [0.15, 0.2) is 0 Å². The molecule has 2 aliphatic heterocycles. The molecule has 0 bridgehead atoms. The Bertz CT molecular complexity index is 909. The van der Waals surface area contributed by atoms with Crippen LogP contribution in [0.25, 0.3) is 0 Å². The van der Waals surface area contributed by atoms with Gasteiger partial charge in [0.2, 0.25) is 23.6 Å². The summed E-state index contributed by atoms with van der Waals surface area (Å²) in [7, 11) is 1.99. The number of amides is 5. The molecule has 35 heavy (non-hydrogen) atoms. The van der Waals surface area contributed by atoms with Crippen LogP contribution in [0.5, 0.6) is 0 Å². The van der Waals surface area contributed by atoms with Gasteiger partial charge < -0.3 is 10.2 Å². The summed E-state index contributed by atoms with van der Waals surface area (Å²) in [4.78, 5) is 64.2. The molecule has 5 amide bonds. The number of hydrogen-bond acceptors (Lipinski definition) is 6. The molecule has 0 radical (unpaired) electrons. The smallest absolute Gasteiger partial charge is 0.258 e. The van der Waals surface area contributed by atoms with Crippen LogP contribution in [0.15, 0.2) is 23.4 Å². The van der Waals surface area contributed by atoms with Gasteiger partial charge in [-0.2, -0.15) is 0 Å². The number of imide groups is 2. The number of likely N-dealkylation sites (tertiary alicyclic amines) is 1. The van der Waals surface area contributed by atoms with Crippen molar-refractivity contribution in [2.24, 2.45) is 5.92 Å². The van der Waals surface area contributed by atoms with Gasteiger partial charge >= 0.3 is 0 Å². The van der Waals surface area contributed by atoms with Crippen molar-refractivity contribution in [1.82, 2.24) is 20.4 Å². The fourth-order valence-electron chi connectivity index (χ4n) is 4.88. The van der Waals surface area contributed by atoms with Crippen LogP contribution in [0.4, 0.5) is 0 Å². The molecule has 2 N–H and O–H groups in total. The number of unbranched alkanes of at least 4 members (excludes halogenated alkanes) is 5.